The molecule has 0 saturated carbocycles. The van der Waals surface area contributed by atoms with Crippen LogP contribution in [0.15, 0.2) is 168 Å². The monoisotopic (exact) mass is 1930 g/mol. The summed E-state index contributed by atoms with van der Waals surface area (Å²) in [6.45, 7) is 24.3. The summed E-state index contributed by atoms with van der Waals surface area (Å²) >= 11 is 3.48. The van der Waals surface area contributed by atoms with Gasteiger partial charge in [-0.3, -0.25) is 29.3 Å². The highest BCUT2D eigenvalue weighted by Gasteiger charge is 2.35. The lowest BCUT2D eigenvalue weighted by Crippen LogP contribution is -2.46. The number of ether oxygens (including phenoxy) is 11. The first-order chi connectivity index (χ1) is 64.1. The van der Waals surface area contributed by atoms with E-state index in [0.29, 0.717) is 129 Å². The fourth-order valence-corrected chi connectivity index (χ4v) is 14.9. The van der Waals surface area contributed by atoms with E-state index in [1.165, 1.54) is 14.2 Å². The second kappa shape index (κ2) is 48.1. The van der Waals surface area contributed by atoms with Crippen LogP contribution in [0.25, 0.3) is 55.0 Å². The van der Waals surface area contributed by atoms with Crippen molar-refractivity contribution in [2.45, 2.75) is 151 Å². The number of nitrogens with zero attached hydrogens (tertiary/aromatic N) is 3. The molecule has 6 N–H and O–H groups in total. The van der Waals surface area contributed by atoms with Crippen molar-refractivity contribution < 1.29 is 122 Å². The zero-order chi connectivity index (χ0) is 99.0. The van der Waals surface area contributed by atoms with Gasteiger partial charge in [0.1, 0.15) is 115 Å². The number of amides is 3. The Labute approximate surface area is 786 Å². The predicted molar refractivity (Wildman–Crippen MR) is 503 cm³/mol. The number of carboxylic acid groups (broad SMARTS) is 1. The number of pyridine rings is 3. The Balaban J connectivity index is 0.000000211. The summed E-state index contributed by atoms with van der Waals surface area (Å²) in [6.07, 6.45) is -0.161. The highest BCUT2D eigenvalue weighted by Crippen LogP contribution is 2.46. The second-order valence-corrected chi connectivity index (χ2v) is 33.5. The average molecular weight is 1930 g/mol. The fourth-order valence-electron chi connectivity index (χ4n) is 14.5. The third kappa shape index (κ3) is 27.5. The van der Waals surface area contributed by atoms with Crippen molar-refractivity contribution in [3.05, 3.63) is 270 Å². The SMILES string of the molecule is CCOCc1cc(OC)c(-c2ccc(C[C@H](NC(=O)c3c(F)cccc3F)C(=O)O)c3ccc(C)nc23)c(OC)c1.CCOCc1cc(OC)c(-c2ccc(C[C@H](NC(=O)c3c(F)cccc3F)C(=O)OC(C)(C)C)c3ccc(C)nc23)c(OC)c1.CCOCc1cc(OC)c(B(O)O)c(OC)c1.Cc1ccc2c(CC(NC(=O)c3c(F)cccc3F)C(=O)OC(C)(C)C)ccc(Br)c2n1. The van der Waals surface area contributed by atoms with Crippen LogP contribution in [-0.4, -0.2) is 165 Å². The van der Waals surface area contributed by atoms with E-state index in [1.54, 1.807) is 112 Å². The van der Waals surface area contributed by atoms with Gasteiger partial charge in [0.25, 0.3) is 17.7 Å². The van der Waals surface area contributed by atoms with E-state index < -0.39 is 124 Å². The van der Waals surface area contributed by atoms with Gasteiger partial charge in [0.15, 0.2) is 0 Å². The van der Waals surface area contributed by atoms with Crippen molar-refractivity contribution in [2.24, 2.45) is 0 Å². The molecule has 3 amide bonds. The number of nitrogens with one attached hydrogen (secondary N) is 3. The van der Waals surface area contributed by atoms with Gasteiger partial charge in [-0.25, -0.2) is 40.7 Å². The molecule has 135 heavy (non-hydrogen) atoms. The summed E-state index contributed by atoms with van der Waals surface area (Å²) in [5.41, 5.74) is 7.58. The second-order valence-electron chi connectivity index (χ2n) is 32.6. The molecule has 9 aromatic carbocycles. The van der Waals surface area contributed by atoms with Gasteiger partial charge in [-0.05, 0) is 229 Å². The topological polar surface area (TPSA) is 339 Å². The highest BCUT2D eigenvalue weighted by molar-refractivity contribution is 9.10. The minimum absolute atomic E-state index is 0.0419. The van der Waals surface area contributed by atoms with Crippen LogP contribution in [0.2, 0.25) is 0 Å². The van der Waals surface area contributed by atoms with Crippen LogP contribution >= 0.6 is 15.9 Å². The van der Waals surface area contributed by atoms with Crippen LogP contribution in [0.5, 0.6) is 34.5 Å². The van der Waals surface area contributed by atoms with Crippen molar-refractivity contribution in [1.82, 2.24) is 30.9 Å². The molecule has 3 heterocycles. The van der Waals surface area contributed by atoms with Crippen molar-refractivity contribution >= 4 is 96.8 Å². The van der Waals surface area contributed by atoms with Gasteiger partial charge in [0.05, 0.1) is 95.6 Å². The van der Waals surface area contributed by atoms with E-state index in [0.717, 1.165) is 109 Å². The molecule has 0 saturated heterocycles. The maximum Gasteiger partial charge on any atom is 0.496 e. The van der Waals surface area contributed by atoms with Crippen molar-refractivity contribution in [1.29, 1.82) is 0 Å². The molecule has 3 aromatic heterocycles. The lowest BCUT2D eigenvalue weighted by molar-refractivity contribution is -0.158. The molecular formula is C101H108BBrF6N6O20. The van der Waals surface area contributed by atoms with E-state index in [4.69, 9.17) is 62.1 Å². The maximum atomic E-state index is 14.5. The fraction of sp³-hybridized carbons (Fsp3) is 0.317. The van der Waals surface area contributed by atoms with Crippen molar-refractivity contribution in [3.63, 3.8) is 0 Å². The van der Waals surface area contributed by atoms with Gasteiger partial charge in [0.2, 0.25) is 0 Å². The summed E-state index contributed by atoms with van der Waals surface area (Å²) in [5, 5.41) is 37.8. The Hall–Kier alpha value is -13.2. The molecule has 0 radical (unpaired) electrons. The Bertz CT molecular complexity index is 6160. The Kier molecular flexibility index (Phi) is 37.6. The number of methoxy groups -OCH3 is 6. The van der Waals surface area contributed by atoms with E-state index in [-0.39, 0.29) is 24.7 Å². The van der Waals surface area contributed by atoms with Gasteiger partial charge >= 0.3 is 25.0 Å². The third-order valence-electron chi connectivity index (χ3n) is 20.6. The summed E-state index contributed by atoms with van der Waals surface area (Å²) in [7, 11) is 7.54. The number of fused-ring (bicyclic) bond motifs is 3. The number of aliphatic carboxylic acids is 1. The molecule has 0 fully saturated rings. The summed E-state index contributed by atoms with van der Waals surface area (Å²) < 4.78 is 147. The minimum Gasteiger partial charge on any atom is -0.497 e. The largest absolute Gasteiger partial charge is 0.497 e. The van der Waals surface area contributed by atoms with Gasteiger partial charge < -0.3 is 83.2 Å². The summed E-state index contributed by atoms with van der Waals surface area (Å²) in [6, 6.07) is 38.0. The minimum atomic E-state index is -1.64. The van der Waals surface area contributed by atoms with Crippen LogP contribution in [0.4, 0.5) is 26.3 Å². The third-order valence-corrected chi connectivity index (χ3v) is 21.2. The Morgan fingerprint density at radius 3 is 0.948 bits per heavy atom. The number of rotatable bonds is 33. The van der Waals surface area contributed by atoms with Gasteiger partial charge in [-0.1, -0.05) is 66.7 Å². The molecule has 0 aliphatic carbocycles. The Morgan fingerprint density at radius 1 is 0.393 bits per heavy atom. The molecular weight excluding hydrogens is 1820 g/mol. The summed E-state index contributed by atoms with van der Waals surface area (Å²) in [5.74, 6) is -9.43. The number of carbonyl (C=O) groups excluding carboxylic acids is 5. The number of hydrogen-bond acceptors (Lipinski definition) is 22. The van der Waals surface area contributed by atoms with E-state index in [1.807, 2.05) is 108 Å². The first-order valence-electron chi connectivity index (χ1n) is 42.8. The molecule has 0 aliphatic rings. The van der Waals surface area contributed by atoms with E-state index in [2.05, 4.69) is 36.9 Å². The van der Waals surface area contributed by atoms with Crippen LogP contribution in [-0.2, 0) is 77.2 Å². The molecule has 1 unspecified atom stereocenters. The molecule has 0 spiro atoms. The molecule has 34 heteroatoms. The zero-order valence-corrected chi connectivity index (χ0v) is 79.6. The molecule has 0 aliphatic heterocycles. The van der Waals surface area contributed by atoms with E-state index >= 15 is 0 Å². The number of benzene rings is 9. The van der Waals surface area contributed by atoms with Gasteiger partial charge in [0, 0.05) is 87.9 Å². The van der Waals surface area contributed by atoms with Crippen molar-refractivity contribution in [2.75, 3.05) is 62.5 Å². The molecule has 0 bridgehead atoms. The lowest BCUT2D eigenvalue weighted by Gasteiger charge is -2.25. The van der Waals surface area contributed by atoms with Gasteiger partial charge in [-0.15, -0.1) is 0 Å². The predicted octanol–water partition coefficient (Wildman–Crippen LogP) is 17.4. The number of halogens is 7. The molecule has 12 aromatic rings. The summed E-state index contributed by atoms with van der Waals surface area (Å²) in [4.78, 5) is 91.0. The number of carboxylic acids is 1. The van der Waals surface area contributed by atoms with Crippen LogP contribution < -0.4 is 49.8 Å². The van der Waals surface area contributed by atoms with Gasteiger partial charge in [-0.2, -0.15) is 0 Å². The van der Waals surface area contributed by atoms with Crippen LogP contribution in [0.1, 0.15) is 144 Å². The van der Waals surface area contributed by atoms with Crippen LogP contribution in [0.3, 0.4) is 0 Å². The first-order valence-corrected chi connectivity index (χ1v) is 43.5. The normalized spacial score (nSPS) is 11.8. The quantitative estimate of drug-likeness (QED) is 0.0126. The highest BCUT2D eigenvalue weighted by atomic mass is 79.9. The molecule has 714 valence electrons. The number of aromatic nitrogens is 3. The average Bonchev–Trinajstić information content (AvgIpc) is 0.762. The smallest absolute Gasteiger partial charge is 0.496 e. The number of aryl methyl sites for hydroxylation is 3. The number of hydrogen-bond donors (Lipinski definition) is 6. The van der Waals surface area contributed by atoms with Crippen molar-refractivity contribution in [3.8, 4) is 56.8 Å². The molecule has 12 rings (SSSR count). The van der Waals surface area contributed by atoms with Crippen LogP contribution in [0, 0.1) is 55.7 Å². The Morgan fingerprint density at radius 2 is 0.667 bits per heavy atom. The lowest BCUT2D eigenvalue weighted by atomic mass is 9.78. The molecule has 3 atom stereocenters. The number of esters is 2. The standard InChI is InChI=1S/C35H38F2N2O6.C31H30F2N2O6.C24H23BrF2N2O3.C11H17BO5/c1-8-44-19-21-16-28(42-6)30(29(17-21)43-7)24-15-13-22(23-14-12-20(2)38-32(23)24)18-27(34(41)45-35(3,4)5)39-33(40)31-25(36)10-9-11-26(31)37;1-5-41-16-18-13-25(39-3)27(26(14-18)40-4)21-12-10-19(20-11-9-17(2)34-29(20)21)15-24(31(37)38)35-30(36)28-22(32)7-6-8-23(28)33;1-13-8-10-15-14(9-11-16(25)21(15)28-13)12-19(23(31)32-24(2,3)4)29-22(30)20-17(26)6-5-7-18(20)27;1-4-17-7-8-5-9(15-2)11(12(13)14)10(6-8)16-3/h9-17,27H,8,18-19H2,1-7H3,(H,39,40);6-14,24H,5,15-16H2,1-4H3,(H,35,36)(H,37,38);5-11,19H,12H2,1-4H3,(H,29,30);5-6,13-14H,4,7H2,1-3H3/t27-;24-;;/m00../s1. The number of carbonyl (C=O) groups is 6. The first kappa shape index (κ1) is 105. The molecule has 26 nitrogen and oxygen atoms in total. The zero-order valence-electron chi connectivity index (χ0n) is 78.0. The maximum absolute atomic E-state index is 14.5. The van der Waals surface area contributed by atoms with E-state index in [9.17, 15) is 70.3 Å².